The Morgan fingerprint density at radius 3 is 2.62 bits per heavy atom. The Morgan fingerprint density at radius 2 is 1.93 bits per heavy atom. The van der Waals surface area contributed by atoms with Crippen LogP contribution in [0.15, 0.2) is 42.6 Å². The normalized spacial score (nSPS) is 13.5. The lowest BCUT2D eigenvalue weighted by atomic mass is 10.2. The van der Waals surface area contributed by atoms with Crippen molar-refractivity contribution < 1.29 is 4.79 Å². The number of benzene rings is 1. The molecule has 1 aromatic carbocycles. The highest BCUT2D eigenvalue weighted by Crippen LogP contribution is 2.26. The molecule has 0 radical (unpaired) electrons. The number of nitrogens with zero attached hydrogens (tertiary/aromatic N) is 3. The zero-order valence-corrected chi connectivity index (χ0v) is 17.7. The summed E-state index contributed by atoms with van der Waals surface area (Å²) < 4.78 is 0. The maximum absolute atomic E-state index is 12.6. The highest BCUT2D eigenvalue weighted by molar-refractivity contribution is 7.17. The van der Waals surface area contributed by atoms with Crippen LogP contribution in [0.4, 0.5) is 16.6 Å². The van der Waals surface area contributed by atoms with Crippen LogP contribution in [-0.2, 0) is 6.54 Å². The molecule has 0 saturated carbocycles. The number of anilines is 3. The highest BCUT2D eigenvalue weighted by atomic mass is 35.5. The van der Waals surface area contributed by atoms with Crippen molar-refractivity contribution in [1.82, 2.24) is 15.3 Å². The lowest BCUT2D eigenvalue weighted by Gasteiger charge is -2.17. The standard InChI is InChI=1S/C21H22ClN5OS/c1-14-19(29-21(25-14)26-18-9-6-16(22)13-23-18)20(28)24-12-15-4-7-17(8-5-15)27-10-2-3-11-27/h4-9,13H,2-3,10-12H2,1H3,(H,24,28)(H,23,25,26). The fraction of sp³-hybridized carbons (Fsp3) is 0.286. The summed E-state index contributed by atoms with van der Waals surface area (Å²) in [5, 5.41) is 7.29. The Bertz CT molecular complexity index is 981. The van der Waals surface area contributed by atoms with Crippen molar-refractivity contribution in [3.8, 4) is 0 Å². The summed E-state index contributed by atoms with van der Waals surface area (Å²) in [6.07, 6.45) is 4.08. The lowest BCUT2D eigenvalue weighted by Crippen LogP contribution is -2.22. The quantitative estimate of drug-likeness (QED) is 0.592. The van der Waals surface area contributed by atoms with Gasteiger partial charge in [0, 0.05) is 31.5 Å². The maximum Gasteiger partial charge on any atom is 0.263 e. The van der Waals surface area contributed by atoms with Crippen LogP contribution in [0.25, 0.3) is 0 Å². The molecule has 0 aliphatic carbocycles. The molecule has 1 saturated heterocycles. The van der Waals surface area contributed by atoms with Gasteiger partial charge in [-0.2, -0.15) is 0 Å². The van der Waals surface area contributed by atoms with Crippen molar-refractivity contribution in [2.75, 3.05) is 23.3 Å². The molecule has 4 rings (SSSR count). The van der Waals surface area contributed by atoms with Crippen LogP contribution in [-0.4, -0.2) is 29.0 Å². The van der Waals surface area contributed by atoms with E-state index in [1.54, 1.807) is 18.3 Å². The molecule has 0 bridgehead atoms. The van der Waals surface area contributed by atoms with Crippen molar-refractivity contribution in [1.29, 1.82) is 0 Å². The number of pyridine rings is 1. The average Bonchev–Trinajstić information content (AvgIpc) is 3.38. The fourth-order valence-corrected chi connectivity index (χ4v) is 4.28. The van der Waals surface area contributed by atoms with Crippen molar-refractivity contribution in [3.05, 3.63) is 63.8 Å². The second-order valence-electron chi connectivity index (χ2n) is 6.96. The monoisotopic (exact) mass is 427 g/mol. The molecule has 2 N–H and O–H groups in total. The van der Waals surface area contributed by atoms with Crippen LogP contribution in [0.3, 0.4) is 0 Å². The van der Waals surface area contributed by atoms with E-state index in [0.29, 0.717) is 33.1 Å². The van der Waals surface area contributed by atoms with Crippen LogP contribution in [0.5, 0.6) is 0 Å². The number of aryl methyl sites for hydroxylation is 1. The summed E-state index contributed by atoms with van der Waals surface area (Å²) in [6, 6.07) is 11.9. The minimum absolute atomic E-state index is 0.124. The molecule has 3 aromatic rings. The molecule has 0 unspecified atom stereocenters. The largest absolute Gasteiger partial charge is 0.372 e. The van der Waals surface area contributed by atoms with E-state index in [4.69, 9.17) is 11.6 Å². The van der Waals surface area contributed by atoms with Crippen LogP contribution in [0.2, 0.25) is 5.02 Å². The molecule has 6 nitrogen and oxygen atoms in total. The average molecular weight is 428 g/mol. The molecule has 1 fully saturated rings. The third-order valence-electron chi connectivity index (χ3n) is 4.83. The van der Waals surface area contributed by atoms with Gasteiger partial charge >= 0.3 is 0 Å². The van der Waals surface area contributed by atoms with E-state index in [1.807, 2.05) is 6.92 Å². The minimum Gasteiger partial charge on any atom is -0.372 e. The molecule has 1 aliphatic heterocycles. The van der Waals surface area contributed by atoms with Gasteiger partial charge in [0.1, 0.15) is 10.7 Å². The molecular weight excluding hydrogens is 406 g/mol. The van der Waals surface area contributed by atoms with Crippen LogP contribution in [0, 0.1) is 6.92 Å². The van der Waals surface area contributed by atoms with Gasteiger partial charge in [-0.05, 0) is 49.6 Å². The van der Waals surface area contributed by atoms with E-state index >= 15 is 0 Å². The fourth-order valence-electron chi connectivity index (χ4n) is 3.28. The van der Waals surface area contributed by atoms with Gasteiger partial charge in [-0.1, -0.05) is 35.1 Å². The number of carbonyl (C=O) groups is 1. The van der Waals surface area contributed by atoms with Crippen LogP contribution in [0.1, 0.15) is 33.8 Å². The summed E-state index contributed by atoms with van der Waals surface area (Å²) in [5.74, 6) is 0.508. The van der Waals surface area contributed by atoms with Gasteiger partial charge in [-0.3, -0.25) is 4.79 Å². The molecule has 0 atom stereocenters. The molecule has 29 heavy (non-hydrogen) atoms. The Balaban J connectivity index is 1.35. The van der Waals surface area contributed by atoms with Crippen molar-refractivity contribution in [2.45, 2.75) is 26.3 Å². The van der Waals surface area contributed by atoms with Crippen LogP contribution >= 0.6 is 22.9 Å². The summed E-state index contributed by atoms with van der Waals surface area (Å²) in [4.78, 5) is 24.2. The maximum atomic E-state index is 12.6. The first-order chi connectivity index (χ1) is 14.1. The van der Waals surface area contributed by atoms with Crippen molar-refractivity contribution in [2.24, 2.45) is 0 Å². The van der Waals surface area contributed by atoms with Gasteiger partial charge in [0.05, 0.1) is 10.7 Å². The highest BCUT2D eigenvalue weighted by Gasteiger charge is 2.16. The number of hydrogen-bond acceptors (Lipinski definition) is 6. The molecule has 8 heteroatoms. The van der Waals surface area contributed by atoms with E-state index in [0.717, 1.165) is 18.7 Å². The van der Waals surface area contributed by atoms with Gasteiger partial charge in [-0.15, -0.1) is 0 Å². The molecular formula is C21H22ClN5OS. The first-order valence-corrected chi connectivity index (χ1v) is 10.8. The third kappa shape index (κ3) is 4.86. The number of amides is 1. The second kappa shape index (κ2) is 8.80. The van der Waals surface area contributed by atoms with E-state index in [2.05, 4.69) is 49.8 Å². The Hall–Kier alpha value is -2.64. The zero-order valence-electron chi connectivity index (χ0n) is 16.1. The summed E-state index contributed by atoms with van der Waals surface area (Å²) in [6.45, 7) is 4.57. The number of hydrogen-bond donors (Lipinski definition) is 2. The number of carbonyl (C=O) groups excluding carboxylic acids is 1. The minimum atomic E-state index is -0.124. The Kier molecular flexibility index (Phi) is 5.97. The third-order valence-corrected chi connectivity index (χ3v) is 6.12. The van der Waals surface area contributed by atoms with Crippen LogP contribution < -0.4 is 15.5 Å². The van der Waals surface area contributed by atoms with Crippen molar-refractivity contribution in [3.63, 3.8) is 0 Å². The predicted octanol–water partition coefficient (Wildman–Crippen LogP) is 4.77. The van der Waals surface area contributed by atoms with Gasteiger partial charge in [0.25, 0.3) is 5.91 Å². The smallest absolute Gasteiger partial charge is 0.263 e. The number of thiazole rings is 1. The molecule has 0 spiro atoms. The van der Waals surface area contributed by atoms with Crippen molar-refractivity contribution >= 4 is 45.5 Å². The van der Waals surface area contributed by atoms with Gasteiger partial charge in [0.15, 0.2) is 5.13 Å². The lowest BCUT2D eigenvalue weighted by molar-refractivity contribution is 0.0954. The first kappa shape index (κ1) is 19.7. The summed E-state index contributed by atoms with van der Waals surface area (Å²) in [5.41, 5.74) is 3.02. The molecule has 2 aromatic heterocycles. The predicted molar refractivity (Wildman–Crippen MR) is 118 cm³/mol. The number of nitrogens with one attached hydrogen (secondary N) is 2. The zero-order chi connectivity index (χ0) is 20.2. The van der Waals surface area contributed by atoms with E-state index in [-0.39, 0.29) is 5.91 Å². The molecule has 3 heterocycles. The number of halogens is 1. The Morgan fingerprint density at radius 1 is 1.17 bits per heavy atom. The second-order valence-corrected chi connectivity index (χ2v) is 8.40. The Labute approximate surface area is 178 Å². The van der Waals surface area contributed by atoms with Gasteiger partial charge < -0.3 is 15.5 Å². The molecule has 150 valence electrons. The molecule has 1 aliphatic rings. The van der Waals surface area contributed by atoms with E-state index < -0.39 is 0 Å². The summed E-state index contributed by atoms with van der Waals surface area (Å²) >= 11 is 7.16. The van der Waals surface area contributed by atoms with E-state index in [1.165, 1.54) is 29.9 Å². The SMILES string of the molecule is Cc1nc(Nc2ccc(Cl)cn2)sc1C(=O)NCc1ccc(N2CCCC2)cc1. The van der Waals surface area contributed by atoms with E-state index in [9.17, 15) is 4.79 Å². The summed E-state index contributed by atoms with van der Waals surface area (Å²) in [7, 11) is 0. The molecule has 1 amide bonds. The number of rotatable bonds is 6. The van der Waals surface area contributed by atoms with Gasteiger partial charge in [0.2, 0.25) is 0 Å². The van der Waals surface area contributed by atoms with Gasteiger partial charge in [-0.25, -0.2) is 9.97 Å². The first-order valence-electron chi connectivity index (χ1n) is 9.56. The number of aromatic nitrogens is 2. The topological polar surface area (TPSA) is 70.1 Å².